The third-order valence-corrected chi connectivity index (χ3v) is 3.55. The molecule has 0 aliphatic rings. The van der Waals surface area contributed by atoms with E-state index in [4.69, 9.17) is 14.8 Å². The first-order valence-electron chi connectivity index (χ1n) is 5.66. The maximum Gasteiger partial charge on any atom is 0.305 e. The molecule has 0 aromatic carbocycles. The van der Waals surface area contributed by atoms with Crippen LogP contribution >= 0.6 is 11.3 Å². The minimum atomic E-state index is -0.858. The maximum atomic E-state index is 10.9. The molecule has 98 valence electrons. The van der Waals surface area contributed by atoms with Gasteiger partial charge >= 0.3 is 5.97 Å². The van der Waals surface area contributed by atoms with Gasteiger partial charge in [0.05, 0.1) is 19.0 Å². The van der Waals surface area contributed by atoms with E-state index in [1.165, 1.54) is 11.3 Å². The summed E-state index contributed by atoms with van der Waals surface area (Å²) in [6.45, 7) is 0.386. The maximum absolute atomic E-state index is 10.9. The average molecular weight is 276 g/mol. The van der Waals surface area contributed by atoms with Crippen LogP contribution in [-0.4, -0.2) is 11.1 Å². The molecule has 0 saturated carbocycles. The molecule has 0 saturated heterocycles. The zero-order valence-electron chi connectivity index (χ0n) is 10.00. The van der Waals surface area contributed by atoms with Crippen LogP contribution in [0.25, 0.3) is 0 Å². The normalized spacial score (nSPS) is 11.9. The second kappa shape index (κ2) is 6.18. The Morgan fingerprint density at radius 3 is 2.95 bits per heavy atom. The Kier molecular flexibility index (Phi) is 4.34. The zero-order valence-corrected chi connectivity index (χ0v) is 10.8. The van der Waals surface area contributed by atoms with Crippen LogP contribution in [0.4, 0.5) is 0 Å². The Balaban J connectivity index is 2.00. The van der Waals surface area contributed by atoms with E-state index in [2.05, 4.69) is 5.32 Å². The fraction of sp³-hybridized carbons (Fsp3) is 0.231. The van der Waals surface area contributed by atoms with Crippen molar-refractivity contribution in [3.05, 3.63) is 46.0 Å². The van der Waals surface area contributed by atoms with Crippen molar-refractivity contribution in [2.24, 2.45) is 0 Å². The summed E-state index contributed by atoms with van der Waals surface area (Å²) >= 11 is 1.51. The third kappa shape index (κ3) is 3.68. The van der Waals surface area contributed by atoms with E-state index in [-0.39, 0.29) is 18.2 Å². The molecule has 0 aliphatic heterocycles. The Morgan fingerprint density at radius 1 is 1.53 bits per heavy atom. The highest BCUT2D eigenvalue weighted by Crippen LogP contribution is 2.22. The van der Waals surface area contributed by atoms with Crippen molar-refractivity contribution in [2.75, 3.05) is 0 Å². The van der Waals surface area contributed by atoms with Gasteiger partial charge in [-0.25, -0.2) is 0 Å². The number of aliphatic carboxylic acids is 1. The van der Waals surface area contributed by atoms with Crippen LogP contribution in [-0.2, 0) is 11.3 Å². The molecule has 2 heterocycles. The van der Waals surface area contributed by atoms with Gasteiger partial charge in [-0.15, -0.1) is 11.3 Å². The highest BCUT2D eigenvalue weighted by molar-refractivity contribution is 7.10. The molecule has 6 heteroatoms. The number of nitriles is 1. The van der Waals surface area contributed by atoms with Gasteiger partial charge in [-0.1, -0.05) is 6.07 Å². The van der Waals surface area contributed by atoms with Crippen LogP contribution in [0, 0.1) is 11.3 Å². The Morgan fingerprint density at radius 2 is 2.37 bits per heavy atom. The number of hydrogen-bond donors (Lipinski definition) is 2. The second-order valence-corrected chi connectivity index (χ2v) is 4.90. The fourth-order valence-corrected chi connectivity index (χ4v) is 2.50. The molecule has 0 spiro atoms. The van der Waals surface area contributed by atoms with E-state index < -0.39 is 5.97 Å². The van der Waals surface area contributed by atoms with Crippen LogP contribution in [0.1, 0.15) is 28.9 Å². The van der Waals surface area contributed by atoms with E-state index in [0.717, 1.165) is 4.88 Å². The van der Waals surface area contributed by atoms with Crippen molar-refractivity contribution in [1.29, 1.82) is 5.26 Å². The first kappa shape index (κ1) is 13.3. The Bertz CT molecular complexity index is 583. The molecular weight excluding hydrogens is 264 g/mol. The number of furan rings is 1. The fourth-order valence-electron chi connectivity index (χ4n) is 1.69. The van der Waals surface area contributed by atoms with E-state index >= 15 is 0 Å². The quantitative estimate of drug-likeness (QED) is 0.846. The summed E-state index contributed by atoms with van der Waals surface area (Å²) in [6.07, 6.45) is 0.00628. The van der Waals surface area contributed by atoms with Crippen LogP contribution in [0.5, 0.6) is 0 Å². The molecule has 1 unspecified atom stereocenters. The molecule has 0 aliphatic carbocycles. The van der Waals surface area contributed by atoms with Gasteiger partial charge in [-0.05, 0) is 23.6 Å². The Hall–Kier alpha value is -2.10. The van der Waals surface area contributed by atoms with Crippen molar-refractivity contribution < 1.29 is 14.3 Å². The predicted molar refractivity (Wildman–Crippen MR) is 69.6 cm³/mol. The van der Waals surface area contributed by atoms with Gasteiger partial charge in [0.25, 0.3) is 0 Å². The topological polar surface area (TPSA) is 86.3 Å². The number of hydrogen-bond acceptors (Lipinski definition) is 5. The van der Waals surface area contributed by atoms with Crippen molar-refractivity contribution in [3.63, 3.8) is 0 Å². The number of thiophene rings is 1. The molecule has 0 bridgehead atoms. The van der Waals surface area contributed by atoms with Gasteiger partial charge < -0.3 is 14.8 Å². The second-order valence-electron chi connectivity index (χ2n) is 3.92. The summed E-state index contributed by atoms with van der Waals surface area (Å²) in [6, 6.07) is 8.73. The highest BCUT2D eigenvalue weighted by Gasteiger charge is 2.16. The van der Waals surface area contributed by atoms with E-state index in [1.807, 2.05) is 23.6 Å². The molecule has 2 rings (SSSR count). The zero-order chi connectivity index (χ0) is 13.7. The molecule has 0 radical (unpaired) electrons. The first-order chi connectivity index (χ1) is 9.19. The smallest absolute Gasteiger partial charge is 0.305 e. The largest absolute Gasteiger partial charge is 0.481 e. The van der Waals surface area contributed by atoms with Gasteiger partial charge in [-0.3, -0.25) is 4.79 Å². The summed E-state index contributed by atoms with van der Waals surface area (Å²) in [5.41, 5.74) is 0. The number of carbonyl (C=O) groups is 1. The van der Waals surface area contributed by atoms with Crippen molar-refractivity contribution in [1.82, 2.24) is 5.32 Å². The van der Waals surface area contributed by atoms with Gasteiger partial charge in [-0.2, -0.15) is 5.26 Å². The van der Waals surface area contributed by atoms with Crippen LogP contribution < -0.4 is 5.32 Å². The number of rotatable bonds is 6. The van der Waals surface area contributed by atoms with E-state index in [1.54, 1.807) is 12.1 Å². The molecule has 0 amide bonds. The lowest BCUT2D eigenvalue weighted by Gasteiger charge is -2.14. The minimum absolute atomic E-state index is 0.00628. The number of nitrogens with zero attached hydrogens (tertiary/aromatic N) is 1. The minimum Gasteiger partial charge on any atom is -0.481 e. The summed E-state index contributed by atoms with van der Waals surface area (Å²) in [4.78, 5) is 11.8. The van der Waals surface area contributed by atoms with Crippen molar-refractivity contribution in [3.8, 4) is 6.07 Å². The molecule has 5 nitrogen and oxygen atoms in total. The van der Waals surface area contributed by atoms with Crippen LogP contribution in [0.2, 0.25) is 0 Å². The van der Waals surface area contributed by atoms with Gasteiger partial charge in [0.15, 0.2) is 0 Å². The van der Waals surface area contributed by atoms with Crippen LogP contribution in [0.15, 0.2) is 34.1 Å². The van der Waals surface area contributed by atoms with Crippen molar-refractivity contribution >= 4 is 17.3 Å². The number of nitrogens with one attached hydrogen (secondary N) is 1. The molecule has 0 fully saturated rings. The van der Waals surface area contributed by atoms with E-state index in [0.29, 0.717) is 12.3 Å². The Labute approximate surface area is 114 Å². The molecule has 19 heavy (non-hydrogen) atoms. The summed E-state index contributed by atoms with van der Waals surface area (Å²) in [5.74, 6) is 0.00858. The lowest BCUT2D eigenvalue weighted by Crippen LogP contribution is -2.22. The lowest BCUT2D eigenvalue weighted by molar-refractivity contribution is -0.137. The monoisotopic (exact) mass is 276 g/mol. The summed E-state index contributed by atoms with van der Waals surface area (Å²) in [5, 5.41) is 22.6. The molecule has 2 aromatic rings. The van der Waals surface area contributed by atoms with Gasteiger partial charge in [0.2, 0.25) is 5.76 Å². The highest BCUT2D eigenvalue weighted by atomic mass is 32.1. The lowest BCUT2D eigenvalue weighted by atomic mass is 10.1. The summed E-state index contributed by atoms with van der Waals surface area (Å²) in [7, 11) is 0. The van der Waals surface area contributed by atoms with Crippen molar-refractivity contribution in [2.45, 2.75) is 19.0 Å². The van der Waals surface area contributed by atoms with Crippen LogP contribution in [0.3, 0.4) is 0 Å². The molecule has 1 atom stereocenters. The molecular formula is C13H12N2O3S. The SMILES string of the molecule is N#Cc1ccc(CNC(CC(=O)O)c2cccs2)o1. The van der Waals surface area contributed by atoms with E-state index in [9.17, 15) is 4.79 Å². The molecule has 2 aromatic heterocycles. The van der Waals surface area contributed by atoms with Gasteiger partial charge in [0, 0.05) is 4.88 Å². The molecule has 2 N–H and O–H groups in total. The first-order valence-corrected chi connectivity index (χ1v) is 6.54. The predicted octanol–water partition coefficient (Wildman–Crippen LogP) is 2.52. The number of carboxylic acid groups (broad SMARTS) is 1. The standard InChI is InChI=1S/C13H12N2O3S/c14-7-9-3-4-10(18-9)8-15-11(6-13(16)17)12-2-1-5-19-12/h1-5,11,15H,6,8H2,(H,16,17). The summed E-state index contributed by atoms with van der Waals surface area (Å²) < 4.78 is 5.24. The third-order valence-electron chi connectivity index (χ3n) is 2.56. The van der Waals surface area contributed by atoms with Gasteiger partial charge in [0.1, 0.15) is 11.8 Å². The number of carboxylic acids is 1. The average Bonchev–Trinajstić information content (AvgIpc) is 3.05.